The molecule has 0 saturated carbocycles. The molecule has 0 bridgehead atoms. The van der Waals surface area contributed by atoms with Crippen LogP contribution >= 0.6 is 46.4 Å². The van der Waals surface area contributed by atoms with Crippen molar-refractivity contribution in [2.45, 2.75) is 64.1 Å². The number of hydrogen-bond acceptors (Lipinski definition) is 17. The van der Waals surface area contributed by atoms with E-state index in [4.69, 9.17) is 99.0 Å². The molecule has 27 heteroatoms. The Hall–Kier alpha value is -8.68. The Morgan fingerprint density at radius 1 is 0.444 bits per heavy atom. The highest BCUT2D eigenvalue weighted by Gasteiger charge is 2.48. The lowest BCUT2D eigenvalue weighted by Crippen LogP contribution is -2.57. The maximum Gasteiger partial charge on any atom is 0.326 e. The van der Waals surface area contributed by atoms with Crippen molar-refractivity contribution in [2.24, 2.45) is 9.98 Å². The van der Waals surface area contributed by atoms with E-state index >= 15 is 9.59 Å². The Labute approximate surface area is 594 Å². The number of ether oxygens (including phenoxy) is 9. The molecule has 6 aromatic carbocycles. The van der Waals surface area contributed by atoms with Crippen LogP contribution < -0.4 is 18.9 Å². The third-order valence-electron chi connectivity index (χ3n) is 16.5. The molecule has 6 amide bonds. The average Bonchev–Trinajstić information content (AvgIpc) is 1.61. The van der Waals surface area contributed by atoms with E-state index in [2.05, 4.69) is 0 Å². The summed E-state index contributed by atoms with van der Waals surface area (Å²) in [6.07, 6.45) is -0.475. The van der Waals surface area contributed by atoms with Crippen molar-refractivity contribution >= 4 is 93.9 Å². The highest BCUT2D eigenvalue weighted by Crippen LogP contribution is 2.48. The molecule has 23 nitrogen and oxygen atoms in total. The fourth-order valence-corrected chi connectivity index (χ4v) is 12.3. The second kappa shape index (κ2) is 34.4. The minimum Gasteiger partial charge on any atom is -0.497 e. The van der Waals surface area contributed by atoms with Crippen LogP contribution in [0, 0.1) is 0 Å². The summed E-state index contributed by atoms with van der Waals surface area (Å²) in [7, 11) is 3.11. The number of aliphatic imine (C=N–C) groups is 2. The Morgan fingerprint density at radius 2 is 0.768 bits per heavy atom. The van der Waals surface area contributed by atoms with E-state index in [1.165, 1.54) is 19.6 Å². The number of amides is 6. The fraction of sp³-hybridized carbons (Fsp3) is 0.389. The van der Waals surface area contributed by atoms with Gasteiger partial charge < -0.3 is 62.2 Å². The van der Waals surface area contributed by atoms with Crippen LogP contribution in [0.25, 0.3) is 0 Å². The summed E-state index contributed by atoms with van der Waals surface area (Å²) in [5, 5.41) is 2.10. The molecule has 0 spiro atoms. The third-order valence-corrected chi connectivity index (χ3v) is 17.5. The Bertz CT molecular complexity index is 3640. The van der Waals surface area contributed by atoms with E-state index in [1.54, 1.807) is 109 Å². The predicted molar refractivity (Wildman–Crippen MR) is 373 cm³/mol. The second-order valence-electron chi connectivity index (χ2n) is 24.0. The van der Waals surface area contributed by atoms with E-state index in [9.17, 15) is 19.2 Å². The number of halogens is 4. The standard InChI is InChI=1S/C72H78Cl4N8O15/c1-45(2)98-59-39-55(91-5)23-25-57(59)69-77-65(47-7-15-51(73)16-8-47)67(49-11-19-53(75)20-12-49)83(69)71(89)81-29-27-79(61(85)41-81)43-63(87)96-37-35-94-33-31-93-32-34-95-36-38-97-64(88)44-80-28-30-82(42-62(80)86)72(90)84-68(50-13-21-54(76)22-14-50)66(48-9-17-52(74)18-10-48)78-70(84)58-26-24-56(92-6)40-60(58)99-46(3)4/h7-26,39-40,45-46,65-68H,27-38,41-44H2,1-6H3/t65-,66-,67+,68+/m1/s1. The van der Waals surface area contributed by atoms with Gasteiger partial charge in [-0.15, -0.1) is 0 Å². The molecule has 4 atom stereocenters. The zero-order chi connectivity index (χ0) is 70.3. The summed E-state index contributed by atoms with van der Waals surface area (Å²) in [6.45, 7) is 7.49. The van der Waals surface area contributed by atoms with Crippen molar-refractivity contribution in [3.05, 3.63) is 187 Å². The molecule has 2 saturated heterocycles. The van der Waals surface area contributed by atoms with Crippen LogP contribution in [0.4, 0.5) is 9.59 Å². The van der Waals surface area contributed by atoms with E-state index in [0.717, 1.165) is 22.3 Å². The molecule has 0 radical (unpaired) electrons. The Morgan fingerprint density at radius 3 is 1.08 bits per heavy atom. The maximum absolute atomic E-state index is 15.1. The molecule has 99 heavy (non-hydrogen) atoms. The summed E-state index contributed by atoms with van der Waals surface area (Å²) < 4.78 is 51.2. The number of urea groups is 2. The summed E-state index contributed by atoms with van der Waals surface area (Å²) >= 11 is 25.4. The summed E-state index contributed by atoms with van der Waals surface area (Å²) in [4.78, 5) is 103. The number of methoxy groups -OCH3 is 2. The van der Waals surface area contributed by atoms with Crippen molar-refractivity contribution in [1.29, 1.82) is 0 Å². The molecule has 0 N–H and O–H groups in total. The minimum absolute atomic E-state index is 0.0655. The van der Waals surface area contributed by atoms with Gasteiger partial charge in [0.15, 0.2) is 0 Å². The first-order valence-electron chi connectivity index (χ1n) is 32.4. The fourth-order valence-electron chi connectivity index (χ4n) is 11.8. The highest BCUT2D eigenvalue weighted by atomic mass is 35.5. The molecule has 0 aliphatic carbocycles. The van der Waals surface area contributed by atoms with Gasteiger partial charge in [-0.2, -0.15) is 0 Å². The zero-order valence-corrected chi connectivity index (χ0v) is 58.7. The van der Waals surface area contributed by atoms with Crippen molar-refractivity contribution < 1.29 is 71.4 Å². The highest BCUT2D eigenvalue weighted by molar-refractivity contribution is 6.31. The number of piperazine rings is 2. The number of nitrogens with zero attached hydrogens (tertiary/aromatic N) is 8. The van der Waals surface area contributed by atoms with Crippen molar-refractivity contribution in [1.82, 2.24) is 29.4 Å². The molecule has 4 aliphatic rings. The maximum atomic E-state index is 15.1. The van der Waals surface area contributed by atoms with Crippen molar-refractivity contribution in [2.75, 3.05) is 119 Å². The second-order valence-corrected chi connectivity index (χ2v) is 25.8. The SMILES string of the molecule is COc1ccc(C2=N[C@H](c3ccc(Cl)cc3)[C@H](c3ccc(Cl)cc3)N2C(=O)N2CCN(CC(=O)OCCOCCOCCOCCOC(=O)CN3CCN(C(=O)N4C(c5ccc(OC)cc5OC(C)C)=N[C@H](c5ccc(Cl)cc5)[C@@H]4c4ccc(Cl)cc4)CC3=O)C(=O)C2)c(OC(C)C)c1. The zero-order valence-electron chi connectivity index (χ0n) is 55.7. The lowest BCUT2D eigenvalue weighted by Gasteiger charge is -2.38. The predicted octanol–water partition coefficient (Wildman–Crippen LogP) is 11.3. The van der Waals surface area contributed by atoms with E-state index < -0.39 is 60.0 Å². The average molecular weight is 1440 g/mol. The molecule has 0 aromatic heterocycles. The summed E-state index contributed by atoms with van der Waals surface area (Å²) in [5.41, 5.74) is 4.16. The molecular formula is C72H78Cl4N8O15. The number of amidine groups is 2. The van der Waals surface area contributed by atoms with E-state index in [0.29, 0.717) is 65.9 Å². The first-order valence-corrected chi connectivity index (χ1v) is 33.9. The van der Waals surface area contributed by atoms with Gasteiger partial charge in [0.25, 0.3) is 0 Å². The molecule has 0 unspecified atom stereocenters. The van der Waals surface area contributed by atoms with Gasteiger partial charge >= 0.3 is 24.0 Å². The van der Waals surface area contributed by atoms with Gasteiger partial charge in [-0.3, -0.25) is 39.0 Å². The Kier molecular flexibility index (Phi) is 25.4. The number of carbonyl (C=O) groups excluding carboxylic acids is 6. The number of esters is 2. The normalized spacial score (nSPS) is 17.9. The number of rotatable bonds is 28. The van der Waals surface area contributed by atoms with Crippen LogP contribution in [-0.4, -0.2) is 209 Å². The van der Waals surface area contributed by atoms with Gasteiger partial charge in [-0.05, 0) is 123 Å². The van der Waals surface area contributed by atoms with Gasteiger partial charge in [-0.25, -0.2) is 9.59 Å². The first kappa shape index (κ1) is 73.0. The van der Waals surface area contributed by atoms with Crippen LogP contribution in [0.1, 0.15) is 85.2 Å². The van der Waals surface area contributed by atoms with Crippen LogP contribution in [0.3, 0.4) is 0 Å². The van der Waals surface area contributed by atoms with Crippen LogP contribution in [-0.2, 0) is 42.9 Å². The smallest absolute Gasteiger partial charge is 0.326 e. The molecule has 10 rings (SSSR count). The molecule has 6 aromatic rings. The van der Waals surface area contributed by atoms with E-state index in [-0.39, 0.29) is 117 Å². The first-order chi connectivity index (χ1) is 47.8. The lowest BCUT2D eigenvalue weighted by molar-refractivity contribution is -0.152. The van der Waals surface area contributed by atoms with Gasteiger partial charge in [0.05, 0.1) is 89.3 Å². The molecule has 4 heterocycles. The monoisotopic (exact) mass is 1430 g/mol. The third kappa shape index (κ3) is 18.6. The van der Waals surface area contributed by atoms with Crippen LogP contribution in [0.5, 0.6) is 23.0 Å². The van der Waals surface area contributed by atoms with E-state index in [1.807, 2.05) is 76.2 Å². The van der Waals surface area contributed by atoms with Gasteiger partial charge in [0, 0.05) is 58.4 Å². The molecule has 4 aliphatic heterocycles. The molecule has 2 fully saturated rings. The topological polar surface area (TPSA) is 230 Å². The Balaban J connectivity index is 0.632. The van der Waals surface area contributed by atoms with Crippen molar-refractivity contribution in [3.8, 4) is 23.0 Å². The van der Waals surface area contributed by atoms with Crippen molar-refractivity contribution in [3.63, 3.8) is 0 Å². The summed E-state index contributed by atoms with van der Waals surface area (Å²) in [5.74, 6) is 0.480. The number of benzene rings is 6. The minimum atomic E-state index is -0.689. The molecular weight excluding hydrogens is 1360 g/mol. The van der Waals surface area contributed by atoms with Gasteiger partial charge in [0.2, 0.25) is 11.8 Å². The quantitative estimate of drug-likeness (QED) is 0.0328. The number of hydrogen-bond donors (Lipinski definition) is 0. The van der Waals surface area contributed by atoms with Gasteiger partial charge in [0.1, 0.15) is 86.1 Å². The summed E-state index contributed by atoms with van der Waals surface area (Å²) in [6, 6.07) is 36.0. The van der Waals surface area contributed by atoms with Crippen LogP contribution in [0.15, 0.2) is 143 Å². The molecule has 524 valence electrons. The number of carbonyl (C=O) groups is 6. The largest absolute Gasteiger partial charge is 0.497 e. The lowest BCUT2D eigenvalue weighted by atomic mass is 9.93. The van der Waals surface area contributed by atoms with Gasteiger partial charge in [-0.1, -0.05) is 94.9 Å². The van der Waals surface area contributed by atoms with Crippen LogP contribution in [0.2, 0.25) is 20.1 Å².